The maximum atomic E-state index is 12.2. The molecule has 2 aliphatic heterocycles. The second-order valence-corrected chi connectivity index (χ2v) is 6.96. The Bertz CT molecular complexity index is 519. The molecule has 0 aromatic carbocycles. The van der Waals surface area contributed by atoms with Gasteiger partial charge in [0.1, 0.15) is 0 Å². The fourth-order valence-corrected chi connectivity index (χ4v) is 3.71. The van der Waals surface area contributed by atoms with E-state index in [1.54, 1.807) is 0 Å². The molecule has 144 valence electrons. The van der Waals surface area contributed by atoms with Gasteiger partial charge in [-0.1, -0.05) is 0 Å². The van der Waals surface area contributed by atoms with Gasteiger partial charge in [0.05, 0.1) is 11.9 Å². The third-order valence-corrected chi connectivity index (χ3v) is 5.08. The first kappa shape index (κ1) is 22.1. The molecule has 6 nitrogen and oxygen atoms in total. The molecular formula is C17H31Cl2N5O. The lowest BCUT2D eigenvalue weighted by Crippen LogP contribution is -2.47. The zero-order valence-corrected chi connectivity index (χ0v) is 16.6. The average molecular weight is 392 g/mol. The lowest BCUT2D eigenvalue weighted by atomic mass is 9.93. The van der Waals surface area contributed by atoms with E-state index in [4.69, 9.17) is 0 Å². The van der Waals surface area contributed by atoms with Gasteiger partial charge in [-0.05, 0) is 51.1 Å². The molecule has 2 fully saturated rings. The van der Waals surface area contributed by atoms with Crippen LogP contribution in [0.5, 0.6) is 0 Å². The van der Waals surface area contributed by atoms with Gasteiger partial charge in [-0.15, -0.1) is 24.8 Å². The van der Waals surface area contributed by atoms with E-state index in [0.717, 1.165) is 57.0 Å². The quantitative estimate of drug-likeness (QED) is 0.806. The molecule has 2 aliphatic rings. The van der Waals surface area contributed by atoms with Crippen molar-refractivity contribution in [2.75, 3.05) is 31.1 Å². The van der Waals surface area contributed by atoms with Gasteiger partial charge in [0.2, 0.25) is 5.91 Å². The summed E-state index contributed by atoms with van der Waals surface area (Å²) in [5.41, 5.74) is 1.15. The number of nitrogens with zero attached hydrogens (tertiary/aromatic N) is 3. The Morgan fingerprint density at radius 3 is 2.76 bits per heavy atom. The second-order valence-electron chi connectivity index (χ2n) is 6.96. The summed E-state index contributed by atoms with van der Waals surface area (Å²) in [5, 5.41) is 10.9. The van der Waals surface area contributed by atoms with E-state index in [1.807, 2.05) is 24.1 Å². The highest BCUT2D eigenvalue weighted by Crippen LogP contribution is 2.20. The number of amides is 1. The summed E-state index contributed by atoms with van der Waals surface area (Å²) in [5.74, 6) is 0.946. The van der Waals surface area contributed by atoms with Crippen molar-refractivity contribution in [2.45, 2.75) is 44.6 Å². The summed E-state index contributed by atoms with van der Waals surface area (Å²) in [6.07, 6.45) is 10.3. The first-order valence-electron chi connectivity index (χ1n) is 8.94. The van der Waals surface area contributed by atoms with Crippen molar-refractivity contribution in [1.29, 1.82) is 0 Å². The summed E-state index contributed by atoms with van der Waals surface area (Å²) in [4.78, 5) is 14.6. The Hall–Kier alpha value is -0.980. The van der Waals surface area contributed by atoms with E-state index in [-0.39, 0.29) is 36.8 Å². The van der Waals surface area contributed by atoms with E-state index in [0.29, 0.717) is 6.42 Å². The van der Waals surface area contributed by atoms with E-state index in [9.17, 15) is 4.79 Å². The van der Waals surface area contributed by atoms with Crippen LogP contribution in [0.1, 0.15) is 38.5 Å². The predicted octanol–water partition coefficient (Wildman–Crippen LogP) is 2.13. The van der Waals surface area contributed by atoms with Crippen LogP contribution in [0.3, 0.4) is 0 Å². The maximum Gasteiger partial charge on any atom is 0.220 e. The number of aryl methyl sites for hydroxylation is 1. The summed E-state index contributed by atoms with van der Waals surface area (Å²) in [6.45, 7) is 4.15. The van der Waals surface area contributed by atoms with E-state index >= 15 is 0 Å². The van der Waals surface area contributed by atoms with E-state index in [1.165, 1.54) is 12.8 Å². The first-order valence-corrected chi connectivity index (χ1v) is 8.94. The van der Waals surface area contributed by atoms with Crippen LogP contribution in [0.25, 0.3) is 0 Å². The van der Waals surface area contributed by atoms with Gasteiger partial charge in [-0.3, -0.25) is 9.48 Å². The monoisotopic (exact) mass is 391 g/mol. The number of carbonyl (C=O) groups is 1. The molecule has 0 aliphatic carbocycles. The third-order valence-electron chi connectivity index (χ3n) is 5.08. The Morgan fingerprint density at radius 1 is 1.32 bits per heavy atom. The lowest BCUT2D eigenvalue weighted by molar-refractivity contribution is -0.122. The van der Waals surface area contributed by atoms with Crippen LogP contribution in [0.4, 0.5) is 5.69 Å². The number of hydrogen-bond acceptors (Lipinski definition) is 4. The Morgan fingerprint density at radius 2 is 2.08 bits per heavy atom. The van der Waals surface area contributed by atoms with Gasteiger partial charge >= 0.3 is 0 Å². The highest BCUT2D eigenvalue weighted by molar-refractivity contribution is 5.85. The molecule has 1 atom stereocenters. The van der Waals surface area contributed by atoms with Crippen molar-refractivity contribution in [3.05, 3.63) is 12.4 Å². The van der Waals surface area contributed by atoms with Crippen molar-refractivity contribution in [2.24, 2.45) is 13.0 Å². The fraction of sp³-hybridized carbons (Fsp3) is 0.765. The van der Waals surface area contributed by atoms with Gasteiger partial charge in [0, 0.05) is 38.8 Å². The second kappa shape index (κ2) is 10.9. The molecule has 8 heteroatoms. The summed E-state index contributed by atoms with van der Waals surface area (Å²) in [6, 6.07) is 0.268. The molecule has 1 amide bonds. The van der Waals surface area contributed by atoms with E-state index < -0.39 is 0 Å². The molecule has 2 N–H and O–H groups in total. The zero-order valence-electron chi connectivity index (χ0n) is 14.9. The van der Waals surface area contributed by atoms with Gasteiger partial charge in [0.25, 0.3) is 0 Å². The molecule has 0 saturated carbocycles. The highest BCUT2D eigenvalue weighted by Gasteiger charge is 2.23. The molecule has 1 unspecified atom stereocenters. The van der Waals surface area contributed by atoms with Crippen molar-refractivity contribution in [3.8, 4) is 0 Å². The topological polar surface area (TPSA) is 62.2 Å². The van der Waals surface area contributed by atoms with Gasteiger partial charge < -0.3 is 15.5 Å². The van der Waals surface area contributed by atoms with Gasteiger partial charge in [-0.2, -0.15) is 5.10 Å². The number of aromatic nitrogens is 2. The molecule has 3 rings (SSSR count). The normalized spacial score (nSPS) is 21.2. The standard InChI is InChI=1S/C17H29N5O.2ClH/c1-21-13-16(11-19-21)22-10-2-3-15(12-22)20-17(23)5-4-14-6-8-18-9-7-14;;/h11,13-15,18H,2-10,12H2,1H3,(H,20,23);2*1H. The Labute approximate surface area is 162 Å². The third kappa shape index (κ3) is 6.68. The van der Waals surface area contributed by atoms with Crippen LogP contribution in [-0.2, 0) is 11.8 Å². The number of anilines is 1. The van der Waals surface area contributed by atoms with Crippen LogP contribution in [0.2, 0.25) is 0 Å². The number of nitrogens with one attached hydrogen (secondary N) is 2. The minimum atomic E-state index is 0. The van der Waals surface area contributed by atoms with E-state index in [2.05, 4.69) is 20.6 Å². The molecular weight excluding hydrogens is 361 g/mol. The Kier molecular flexibility index (Phi) is 9.61. The summed E-state index contributed by atoms with van der Waals surface area (Å²) >= 11 is 0. The minimum Gasteiger partial charge on any atom is -0.367 e. The number of rotatable bonds is 5. The molecule has 25 heavy (non-hydrogen) atoms. The fourth-order valence-electron chi connectivity index (χ4n) is 3.71. The van der Waals surface area contributed by atoms with Crippen LogP contribution >= 0.6 is 24.8 Å². The summed E-state index contributed by atoms with van der Waals surface area (Å²) in [7, 11) is 1.94. The van der Waals surface area contributed by atoms with Crippen LogP contribution in [0, 0.1) is 5.92 Å². The predicted molar refractivity (Wildman–Crippen MR) is 106 cm³/mol. The average Bonchev–Trinajstić information content (AvgIpc) is 3.01. The highest BCUT2D eigenvalue weighted by atomic mass is 35.5. The van der Waals surface area contributed by atoms with Crippen LogP contribution < -0.4 is 15.5 Å². The number of halogens is 2. The van der Waals surface area contributed by atoms with Crippen molar-refractivity contribution < 1.29 is 4.79 Å². The molecule has 2 saturated heterocycles. The number of piperidine rings is 2. The maximum absolute atomic E-state index is 12.2. The zero-order chi connectivity index (χ0) is 16.1. The molecule has 0 bridgehead atoms. The molecule has 0 radical (unpaired) electrons. The smallest absolute Gasteiger partial charge is 0.220 e. The molecule has 1 aromatic heterocycles. The SMILES string of the molecule is Cl.Cl.Cn1cc(N2CCCC(NC(=O)CCC3CCNCC3)C2)cn1. The lowest BCUT2D eigenvalue weighted by Gasteiger charge is -2.34. The van der Waals surface area contributed by atoms with Crippen molar-refractivity contribution in [1.82, 2.24) is 20.4 Å². The first-order chi connectivity index (χ1) is 11.2. The summed E-state index contributed by atoms with van der Waals surface area (Å²) < 4.78 is 1.83. The van der Waals surface area contributed by atoms with Crippen LogP contribution in [0.15, 0.2) is 12.4 Å². The van der Waals surface area contributed by atoms with Gasteiger partial charge in [-0.25, -0.2) is 0 Å². The molecule has 1 aromatic rings. The Balaban J connectivity index is 0.00000156. The molecule has 0 spiro atoms. The van der Waals surface area contributed by atoms with Crippen molar-refractivity contribution in [3.63, 3.8) is 0 Å². The molecule has 3 heterocycles. The minimum absolute atomic E-state index is 0. The number of carbonyl (C=O) groups excluding carboxylic acids is 1. The number of hydrogen-bond donors (Lipinski definition) is 2. The van der Waals surface area contributed by atoms with Crippen LogP contribution in [-0.4, -0.2) is 47.9 Å². The van der Waals surface area contributed by atoms with Crippen molar-refractivity contribution >= 4 is 36.4 Å². The largest absolute Gasteiger partial charge is 0.367 e. The van der Waals surface area contributed by atoms with Gasteiger partial charge in [0.15, 0.2) is 0 Å².